The van der Waals surface area contributed by atoms with Gasteiger partial charge in [0.05, 0.1) is 40.4 Å². The molecule has 2 amide bonds. The van der Waals surface area contributed by atoms with Gasteiger partial charge < -0.3 is 18.9 Å². The van der Waals surface area contributed by atoms with Gasteiger partial charge in [-0.15, -0.1) is 0 Å². The van der Waals surface area contributed by atoms with Gasteiger partial charge in [0.25, 0.3) is 5.91 Å². The maximum atomic E-state index is 13.0. The summed E-state index contributed by atoms with van der Waals surface area (Å²) < 4.78 is 20.6. The lowest BCUT2D eigenvalue weighted by molar-refractivity contribution is -0.139. The SMILES string of the molecule is COC(=O)c1ccc(C(=O)N2CCCN2C(=O)Cc2cc(OC)c(OC)c(OC)c2)nc1. The number of methoxy groups -OCH3 is 4. The van der Waals surface area contributed by atoms with E-state index in [0.29, 0.717) is 42.3 Å². The minimum Gasteiger partial charge on any atom is -0.493 e. The summed E-state index contributed by atoms with van der Waals surface area (Å²) >= 11 is 0. The Morgan fingerprint density at radius 1 is 0.938 bits per heavy atom. The quantitative estimate of drug-likeness (QED) is 0.596. The van der Waals surface area contributed by atoms with Crippen LogP contribution in [0.4, 0.5) is 0 Å². The van der Waals surface area contributed by atoms with Crippen molar-refractivity contribution in [2.24, 2.45) is 0 Å². The molecule has 3 rings (SSSR count). The number of hydrazine groups is 1. The molecule has 170 valence electrons. The zero-order chi connectivity index (χ0) is 23.3. The summed E-state index contributed by atoms with van der Waals surface area (Å²) in [5.74, 6) is 0.108. The normalized spacial score (nSPS) is 13.0. The van der Waals surface area contributed by atoms with E-state index in [0.717, 1.165) is 0 Å². The number of carbonyl (C=O) groups excluding carboxylic acids is 3. The third kappa shape index (κ3) is 4.58. The van der Waals surface area contributed by atoms with Crippen LogP contribution in [0.3, 0.4) is 0 Å². The summed E-state index contributed by atoms with van der Waals surface area (Å²) in [5.41, 5.74) is 1.02. The van der Waals surface area contributed by atoms with Crippen LogP contribution in [0.5, 0.6) is 17.2 Å². The lowest BCUT2D eigenvalue weighted by Crippen LogP contribution is -2.45. The number of rotatable bonds is 7. The molecular weight excluding hydrogens is 418 g/mol. The molecule has 2 heterocycles. The third-order valence-corrected chi connectivity index (χ3v) is 5.04. The van der Waals surface area contributed by atoms with Crippen LogP contribution in [0.15, 0.2) is 30.5 Å². The molecule has 0 atom stereocenters. The molecule has 0 bridgehead atoms. The number of nitrogens with zero attached hydrogens (tertiary/aromatic N) is 3. The van der Waals surface area contributed by atoms with Crippen LogP contribution in [-0.4, -0.2) is 74.3 Å². The van der Waals surface area contributed by atoms with E-state index in [9.17, 15) is 14.4 Å². The molecule has 0 N–H and O–H groups in total. The molecular formula is C22H25N3O7. The predicted octanol–water partition coefficient (Wildman–Crippen LogP) is 1.73. The van der Waals surface area contributed by atoms with Gasteiger partial charge >= 0.3 is 5.97 Å². The van der Waals surface area contributed by atoms with Crippen LogP contribution in [0.25, 0.3) is 0 Å². The van der Waals surface area contributed by atoms with E-state index >= 15 is 0 Å². The van der Waals surface area contributed by atoms with E-state index in [1.807, 2.05) is 0 Å². The topological polar surface area (TPSA) is 108 Å². The molecule has 0 unspecified atom stereocenters. The van der Waals surface area contributed by atoms with Crippen molar-refractivity contribution in [1.29, 1.82) is 0 Å². The van der Waals surface area contributed by atoms with Gasteiger partial charge in [0, 0.05) is 19.3 Å². The highest BCUT2D eigenvalue weighted by Crippen LogP contribution is 2.38. The minimum atomic E-state index is -0.542. The molecule has 1 fully saturated rings. The molecule has 0 radical (unpaired) electrons. The van der Waals surface area contributed by atoms with Gasteiger partial charge in [-0.05, 0) is 36.2 Å². The molecule has 0 saturated carbocycles. The Bertz CT molecular complexity index is 982. The number of benzene rings is 1. The molecule has 32 heavy (non-hydrogen) atoms. The number of aromatic nitrogens is 1. The van der Waals surface area contributed by atoms with Gasteiger partial charge in [-0.3, -0.25) is 19.6 Å². The molecule has 0 spiro atoms. The van der Waals surface area contributed by atoms with Crippen LogP contribution in [0, 0.1) is 0 Å². The van der Waals surface area contributed by atoms with Crippen molar-refractivity contribution in [1.82, 2.24) is 15.0 Å². The summed E-state index contributed by atoms with van der Waals surface area (Å²) in [5, 5.41) is 2.79. The van der Waals surface area contributed by atoms with Crippen LogP contribution >= 0.6 is 0 Å². The lowest BCUT2D eigenvalue weighted by atomic mass is 10.1. The second kappa shape index (κ2) is 9.99. The first-order valence-corrected chi connectivity index (χ1v) is 9.88. The van der Waals surface area contributed by atoms with Gasteiger partial charge in [-0.2, -0.15) is 0 Å². The molecule has 0 aliphatic carbocycles. The molecule has 10 heteroatoms. The Balaban J connectivity index is 1.77. The molecule has 1 aromatic carbocycles. The first-order chi connectivity index (χ1) is 15.4. The third-order valence-electron chi connectivity index (χ3n) is 5.04. The van der Waals surface area contributed by atoms with E-state index in [1.54, 1.807) is 12.1 Å². The van der Waals surface area contributed by atoms with Gasteiger partial charge in [0.15, 0.2) is 11.5 Å². The van der Waals surface area contributed by atoms with Gasteiger partial charge in [0.2, 0.25) is 11.7 Å². The van der Waals surface area contributed by atoms with Crippen molar-refractivity contribution in [3.05, 3.63) is 47.3 Å². The fourth-order valence-corrected chi connectivity index (χ4v) is 3.48. The van der Waals surface area contributed by atoms with Gasteiger partial charge in [0.1, 0.15) is 5.69 Å². The number of amides is 2. The monoisotopic (exact) mass is 443 g/mol. The van der Waals surface area contributed by atoms with Crippen LogP contribution in [0.2, 0.25) is 0 Å². The Morgan fingerprint density at radius 2 is 1.59 bits per heavy atom. The van der Waals surface area contributed by atoms with Crippen LogP contribution in [0.1, 0.15) is 32.8 Å². The highest BCUT2D eigenvalue weighted by Gasteiger charge is 2.32. The summed E-state index contributed by atoms with van der Waals surface area (Å²) in [6.45, 7) is 0.801. The highest BCUT2D eigenvalue weighted by atomic mass is 16.5. The zero-order valence-electron chi connectivity index (χ0n) is 18.4. The van der Waals surface area contributed by atoms with Gasteiger partial charge in [-0.1, -0.05) is 0 Å². The first-order valence-electron chi connectivity index (χ1n) is 9.88. The average molecular weight is 443 g/mol. The summed E-state index contributed by atoms with van der Waals surface area (Å²) in [6.07, 6.45) is 1.96. The standard InChI is InChI=1S/C22H25N3O7/c1-29-17-10-14(11-18(30-2)20(17)31-3)12-19(26)24-8-5-9-25(24)21(27)16-7-6-15(13-23-16)22(28)32-4/h6-7,10-11,13H,5,8-9,12H2,1-4H3. The first kappa shape index (κ1) is 22.9. The Morgan fingerprint density at radius 3 is 2.12 bits per heavy atom. The van der Waals surface area contributed by atoms with E-state index in [1.165, 1.54) is 56.8 Å². The van der Waals surface area contributed by atoms with E-state index in [2.05, 4.69) is 9.72 Å². The van der Waals surface area contributed by atoms with Gasteiger partial charge in [-0.25, -0.2) is 9.80 Å². The molecule has 2 aromatic rings. The number of carbonyl (C=O) groups is 3. The smallest absolute Gasteiger partial charge is 0.339 e. The van der Waals surface area contributed by atoms with Crippen molar-refractivity contribution < 1.29 is 33.3 Å². The average Bonchev–Trinajstić information content (AvgIpc) is 3.32. The van der Waals surface area contributed by atoms with E-state index in [-0.39, 0.29) is 23.6 Å². The van der Waals surface area contributed by atoms with Crippen LogP contribution < -0.4 is 14.2 Å². The Kier molecular flexibility index (Phi) is 7.14. The lowest BCUT2D eigenvalue weighted by Gasteiger charge is -2.28. The Labute approximate surface area is 185 Å². The number of hydrogen-bond acceptors (Lipinski definition) is 8. The van der Waals surface area contributed by atoms with Crippen molar-refractivity contribution >= 4 is 17.8 Å². The maximum absolute atomic E-state index is 13.0. The summed E-state index contributed by atoms with van der Waals surface area (Å²) in [6, 6.07) is 6.31. The summed E-state index contributed by atoms with van der Waals surface area (Å²) in [4.78, 5) is 41.6. The second-order valence-electron chi connectivity index (χ2n) is 6.93. The van der Waals surface area contributed by atoms with Crippen molar-refractivity contribution in [2.75, 3.05) is 41.5 Å². The largest absolute Gasteiger partial charge is 0.493 e. The number of ether oxygens (including phenoxy) is 4. The zero-order valence-corrected chi connectivity index (χ0v) is 18.4. The minimum absolute atomic E-state index is 0.0369. The summed E-state index contributed by atoms with van der Waals surface area (Å²) in [7, 11) is 5.78. The Hall–Kier alpha value is -3.82. The molecule has 1 aliphatic rings. The molecule has 10 nitrogen and oxygen atoms in total. The fraction of sp³-hybridized carbons (Fsp3) is 0.364. The number of pyridine rings is 1. The number of esters is 1. The molecule has 1 aromatic heterocycles. The maximum Gasteiger partial charge on any atom is 0.339 e. The van der Waals surface area contributed by atoms with E-state index < -0.39 is 11.9 Å². The number of hydrogen-bond donors (Lipinski definition) is 0. The fourth-order valence-electron chi connectivity index (χ4n) is 3.48. The second-order valence-corrected chi connectivity index (χ2v) is 6.93. The van der Waals surface area contributed by atoms with Crippen LogP contribution in [-0.2, 0) is 16.0 Å². The van der Waals surface area contributed by atoms with E-state index in [4.69, 9.17) is 14.2 Å². The van der Waals surface area contributed by atoms with Crippen molar-refractivity contribution in [3.8, 4) is 17.2 Å². The molecule has 1 saturated heterocycles. The predicted molar refractivity (Wildman–Crippen MR) is 113 cm³/mol. The molecule has 1 aliphatic heterocycles. The highest BCUT2D eigenvalue weighted by molar-refractivity contribution is 5.95. The van der Waals surface area contributed by atoms with Crippen molar-refractivity contribution in [3.63, 3.8) is 0 Å². The van der Waals surface area contributed by atoms with Crippen molar-refractivity contribution in [2.45, 2.75) is 12.8 Å².